The van der Waals surface area contributed by atoms with Gasteiger partial charge in [-0.25, -0.2) is 4.57 Å². The van der Waals surface area contributed by atoms with Gasteiger partial charge in [0.1, 0.15) is 0 Å². The van der Waals surface area contributed by atoms with Crippen molar-refractivity contribution in [1.29, 1.82) is 0 Å². The molecule has 1 heterocycles. The standard InChI is InChI=1S/C37H59N2O2.BrH/c1-25(23-39-21-14-26(15-22-39)38(7)8)27-11-18-37(24-40)20-19-35(5)28(32(27)37)9-10-30-34(4)16-13-31(41)33(2,3)29(34)12-17-36(30,35)6;/h14-15,21-22,27-32,40-41H,1,9-13,16-20,23-24H2,2-8H3;1H/q+1;/p-1/t27-,28+,29-,30+,31?,32+,34-,35+,36+,37+;/m0./s1. The first-order valence-corrected chi connectivity index (χ1v) is 16.9. The Labute approximate surface area is 267 Å². The molecular formula is C37H59BrN2O2. The fraction of sp³-hybridized carbons (Fsp3) is 0.811. The van der Waals surface area contributed by atoms with Gasteiger partial charge < -0.3 is 32.1 Å². The van der Waals surface area contributed by atoms with Crippen molar-refractivity contribution in [2.24, 2.45) is 56.7 Å². The molecule has 0 radical (unpaired) electrons. The second-order valence-corrected chi connectivity index (χ2v) is 17.0. The zero-order valence-corrected chi connectivity index (χ0v) is 29.2. The van der Waals surface area contributed by atoms with Crippen molar-refractivity contribution in [3.8, 4) is 0 Å². The lowest BCUT2D eigenvalue weighted by molar-refractivity contribution is -0.689. The Balaban J connectivity index is 0.00000353. The third-order valence-corrected chi connectivity index (χ3v) is 15.2. The molecular weight excluding hydrogens is 584 g/mol. The number of aliphatic hydroxyl groups is 2. The average molecular weight is 644 g/mol. The first-order chi connectivity index (χ1) is 19.2. The molecule has 5 saturated carbocycles. The molecule has 1 unspecified atom stereocenters. The van der Waals surface area contributed by atoms with E-state index in [1.807, 2.05) is 0 Å². The Morgan fingerprint density at radius 3 is 2.21 bits per heavy atom. The number of allylic oxidation sites excluding steroid dienone is 1. The van der Waals surface area contributed by atoms with Crippen LogP contribution in [0, 0.1) is 56.7 Å². The van der Waals surface area contributed by atoms with Crippen LogP contribution in [0.25, 0.3) is 0 Å². The maximum absolute atomic E-state index is 11.0. The van der Waals surface area contributed by atoms with E-state index in [9.17, 15) is 10.2 Å². The van der Waals surface area contributed by atoms with Gasteiger partial charge in [-0.05, 0) is 126 Å². The summed E-state index contributed by atoms with van der Waals surface area (Å²) in [5, 5.41) is 22.0. The molecule has 5 aliphatic rings. The highest BCUT2D eigenvalue weighted by atomic mass is 79.9. The lowest BCUT2D eigenvalue weighted by Gasteiger charge is -2.73. The van der Waals surface area contributed by atoms with Gasteiger partial charge in [0.2, 0.25) is 0 Å². The smallest absolute Gasteiger partial charge is 0.171 e. The second kappa shape index (κ2) is 10.9. The van der Waals surface area contributed by atoms with Crippen molar-refractivity contribution in [3.63, 3.8) is 0 Å². The molecule has 6 rings (SSSR count). The maximum Gasteiger partial charge on any atom is 0.171 e. The van der Waals surface area contributed by atoms with Crippen LogP contribution in [0.3, 0.4) is 0 Å². The molecule has 0 amide bonds. The normalized spacial score (nSPS) is 45.5. The monoisotopic (exact) mass is 642 g/mol. The molecule has 5 fully saturated rings. The van der Waals surface area contributed by atoms with Gasteiger partial charge in [0.15, 0.2) is 18.9 Å². The minimum absolute atomic E-state index is 0. The van der Waals surface area contributed by atoms with E-state index < -0.39 is 0 Å². The molecule has 5 heteroatoms. The molecule has 42 heavy (non-hydrogen) atoms. The predicted octanol–water partition coefficient (Wildman–Crippen LogP) is 4.04. The third-order valence-electron chi connectivity index (χ3n) is 15.2. The molecule has 0 aromatic carbocycles. The van der Waals surface area contributed by atoms with Crippen LogP contribution in [0.1, 0.15) is 98.8 Å². The van der Waals surface area contributed by atoms with Gasteiger partial charge in [-0.3, -0.25) is 0 Å². The lowest BCUT2D eigenvalue weighted by atomic mass is 9.32. The van der Waals surface area contributed by atoms with Gasteiger partial charge in [-0.15, -0.1) is 0 Å². The Hall–Kier alpha value is -0.910. The Bertz CT molecular complexity index is 1170. The van der Waals surface area contributed by atoms with E-state index in [0.29, 0.717) is 41.1 Å². The van der Waals surface area contributed by atoms with Crippen LogP contribution in [-0.2, 0) is 6.54 Å². The number of rotatable bonds is 5. The summed E-state index contributed by atoms with van der Waals surface area (Å²) in [7, 11) is 4.18. The molecule has 1 aromatic heterocycles. The number of hydrogen-bond acceptors (Lipinski definition) is 3. The highest BCUT2D eigenvalue weighted by Crippen LogP contribution is 2.77. The maximum atomic E-state index is 11.0. The molecule has 5 aliphatic carbocycles. The minimum Gasteiger partial charge on any atom is -1.00 e. The van der Waals surface area contributed by atoms with Crippen LogP contribution < -0.4 is 26.4 Å². The summed E-state index contributed by atoms with van der Waals surface area (Å²) >= 11 is 0. The van der Waals surface area contributed by atoms with Crippen molar-refractivity contribution < 1.29 is 31.8 Å². The lowest BCUT2D eigenvalue weighted by Crippen LogP contribution is -3.00. The quantitative estimate of drug-likeness (QED) is 0.377. The van der Waals surface area contributed by atoms with E-state index in [-0.39, 0.29) is 39.3 Å². The zero-order valence-electron chi connectivity index (χ0n) is 27.6. The van der Waals surface area contributed by atoms with E-state index in [2.05, 4.69) is 82.7 Å². The highest BCUT2D eigenvalue weighted by Gasteiger charge is 2.70. The van der Waals surface area contributed by atoms with Crippen LogP contribution in [0.4, 0.5) is 5.69 Å². The summed E-state index contributed by atoms with van der Waals surface area (Å²) in [5.41, 5.74) is 3.56. The van der Waals surface area contributed by atoms with Crippen LogP contribution in [0.2, 0.25) is 0 Å². The van der Waals surface area contributed by atoms with Crippen LogP contribution >= 0.6 is 0 Å². The Morgan fingerprint density at radius 2 is 1.57 bits per heavy atom. The summed E-state index contributed by atoms with van der Waals surface area (Å²) < 4.78 is 2.30. The topological polar surface area (TPSA) is 47.6 Å². The summed E-state index contributed by atoms with van der Waals surface area (Å²) in [4.78, 5) is 2.15. The molecule has 0 aliphatic heterocycles. The second-order valence-electron chi connectivity index (χ2n) is 17.0. The molecule has 0 spiro atoms. The summed E-state index contributed by atoms with van der Waals surface area (Å²) in [6, 6.07) is 4.39. The van der Waals surface area contributed by atoms with Gasteiger partial charge in [-0.2, -0.15) is 0 Å². The largest absolute Gasteiger partial charge is 1.00 e. The first kappa shape index (κ1) is 32.5. The predicted molar refractivity (Wildman–Crippen MR) is 167 cm³/mol. The van der Waals surface area contributed by atoms with E-state index in [1.165, 1.54) is 62.6 Å². The zero-order chi connectivity index (χ0) is 29.6. The number of aliphatic hydroxyl groups excluding tert-OH is 2. The Morgan fingerprint density at radius 1 is 0.881 bits per heavy atom. The molecule has 0 bridgehead atoms. The highest BCUT2D eigenvalue weighted by molar-refractivity contribution is 5.41. The van der Waals surface area contributed by atoms with E-state index in [0.717, 1.165) is 25.3 Å². The van der Waals surface area contributed by atoms with Gasteiger partial charge in [0.05, 0.1) is 6.10 Å². The first-order valence-electron chi connectivity index (χ1n) is 16.9. The Kier molecular flexibility index (Phi) is 8.40. The number of fused-ring (bicyclic) bond motifs is 7. The molecule has 10 atom stereocenters. The van der Waals surface area contributed by atoms with E-state index >= 15 is 0 Å². The fourth-order valence-electron chi connectivity index (χ4n) is 12.7. The van der Waals surface area contributed by atoms with Crippen LogP contribution in [-0.4, -0.2) is 37.0 Å². The van der Waals surface area contributed by atoms with E-state index in [4.69, 9.17) is 6.58 Å². The summed E-state index contributed by atoms with van der Waals surface area (Å²) in [6.07, 6.45) is 16.3. The minimum atomic E-state index is -0.168. The van der Waals surface area contributed by atoms with Gasteiger partial charge in [-0.1, -0.05) is 41.2 Å². The van der Waals surface area contributed by atoms with Crippen LogP contribution in [0.15, 0.2) is 36.7 Å². The average Bonchev–Trinajstić information content (AvgIpc) is 3.32. The molecule has 236 valence electrons. The number of pyridine rings is 1. The van der Waals surface area contributed by atoms with Crippen LogP contribution in [0.5, 0.6) is 0 Å². The van der Waals surface area contributed by atoms with Gasteiger partial charge in [0, 0.05) is 38.5 Å². The fourth-order valence-corrected chi connectivity index (χ4v) is 12.7. The third kappa shape index (κ3) is 4.43. The van der Waals surface area contributed by atoms with Crippen molar-refractivity contribution in [2.75, 3.05) is 25.6 Å². The van der Waals surface area contributed by atoms with E-state index in [1.54, 1.807) is 0 Å². The molecule has 1 aromatic rings. The summed E-state index contributed by atoms with van der Waals surface area (Å²) in [5.74, 6) is 3.00. The molecule has 0 saturated heterocycles. The number of hydrogen-bond donors (Lipinski definition) is 2. The SMILES string of the molecule is C=C(C[n+]1ccc(N(C)C)cc1)[C@@H]1CC[C@]2(CO)CC[C@]3(C)[C@H](CC[C@@H]4[C@@]5(C)CCC(O)C(C)(C)[C@@H]5CC[C@]43C)[C@@H]12.[Br-]. The number of aromatic nitrogens is 1. The number of halogens is 1. The van der Waals surface area contributed by atoms with Crippen molar-refractivity contribution >= 4 is 5.69 Å². The summed E-state index contributed by atoms with van der Waals surface area (Å²) in [6.45, 7) is 18.7. The molecule has 2 N–H and O–H groups in total. The van der Waals surface area contributed by atoms with Crippen molar-refractivity contribution in [2.45, 2.75) is 111 Å². The number of anilines is 1. The molecule has 4 nitrogen and oxygen atoms in total. The van der Waals surface area contributed by atoms with Gasteiger partial charge in [0.25, 0.3) is 0 Å². The van der Waals surface area contributed by atoms with Crippen molar-refractivity contribution in [1.82, 2.24) is 0 Å². The van der Waals surface area contributed by atoms with Gasteiger partial charge >= 0.3 is 0 Å². The number of nitrogens with zero attached hydrogens (tertiary/aromatic N) is 2. The van der Waals surface area contributed by atoms with Crippen molar-refractivity contribution in [3.05, 3.63) is 36.7 Å².